The second-order valence-electron chi connectivity index (χ2n) is 22.0. The summed E-state index contributed by atoms with van der Waals surface area (Å²) in [4.78, 5) is 32.2. The van der Waals surface area contributed by atoms with Crippen LogP contribution in [0.2, 0.25) is 0 Å². The molecule has 7 aromatic rings. The quantitative estimate of drug-likeness (QED) is 0.0345. The fraction of sp³-hybridized carbons (Fsp3) is 0.190. The number of rotatable bonds is 9. The number of nitrogens with one attached hydrogen (secondary N) is 6. The maximum atomic E-state index is 17.4. The van der Waals surface area contributed by atoms with Crippen LogP contribution in [-0.4, -0.2) is 30.1 Å². The minimum Gasteiger partial charge on any atom is -0.332 e. The van der Waals surface area contributed by atoms with E-state index in [1.807, 2.05) is 80.5 Å². The summed E-state index contributed by atoms with van der Waals surface area (Å²) in [6.45, 7) is 17.7. The van der Waals surface area contributed by atoms with Crippen molar-refractivity contribution < 1.29 is 27.9 Å². The summed E-state index contributed by atoms with van der Waals surface area (Å²) in [7, 11) is 0. The van der Waals surface area contributed by atoms with Crippen LogP contribution in [0.1, 0.15) is 112 Å². The SMILES string of the molecule is CC(C)(C)c1ccc(NC(=S)Nc2ccc([N+](=O)[O-])cc2)c(C#Cc2c(F)c(C#Cc3cc(C(C)(C)C)ccc3NC(=S)Nc3ccc([N+](=O)[O-])cc3)c(F)c(C#Cc3cc(C(C)(C)C)ccc3NC(=S)Nc3ccc([N+](=O)[O-])cc3)c2F)c1. The molecule has 0 bridgehead atoms. The molecule has 6 N–H and O–H groups in total. The first kappa shape index (κ1) is 61.9. The lowest BCUT2D eigenvalue weighted by Crippen LogP contribution is -2.20. The van der Waals surface area contributed by atoms with Crippen LogP contribution in [0.25, 0.3) is 0 Å². The Kier molecular flexibility index (Phi) is 18.9. The molecule has 7 rings (SSSR count). The minimum atomic E-state index is -1.43. The first-order valence-electron chi connectivity index (χ1n) is 25.6. The smallest absolute Gasteiger partial charge is 0.269 e. The van der Waals surface area contributed by atoms with Gasteiger partial charge >= 0.3 is 0 Å². The van der Waals surface area contributed by atoms with E-state index in [1.54, 1.807) is 36.4 Å². The number of nitro benzene ring substituents is 3. The van der Waals surface area contributed by atoms with Crippen molar-refractivity contribution in [1.82, 2.24) is 0 Å². The van der Waals surface area contributed by atoms with Crippen LogP contribution in [-0.2, 0) is 16.2 Å². The Bertz CT molecular complexity index is 3580. The van der Waals surface area contributed by atoms with Gasteiger partial charge in [0.1, 0.15) is 0 Å². The van der Waals surface area contributed by atoms with E-state index in [-0.39, 0.29) is 49.1 Å². The molecule has 0 spiro atoms. The molecule has 15 nitrogen and oxygen atoms in total. The number of halogens is 3. The number of thiocarbonyl (C=S) groups is 3. The molecule has 21 heteroatoms. The highest BCUT2D eigenvalue weighted by molar-refractivity contribution is 7.81. The Hall–Kier alpha value is -9.72. The lowest BCUT2D eigenvalue weighted by atomic mass is 9.86. The number of hydrogen-bond acceptors (Lipinski definition) is 9. The van der Waals surface area contributed by atoms with E-state index in [9.17, 15) is 30.3 Å². The molecular formula is C63H54F3N9O6S3. The van der Waals surface area contributed by atoms with Crippen molar-refractivity contribution in [2.75, 3.05) is 31.9 Å². The molecule has 426 valence electrons. The van der Waals surface area contributed by atoms with E-state index in [2.05, 4.69) is 67.4 Å². The van der Waals surface area contributed by atoms with Gasteiger partial charge in [-0.25, -0.2) is 13.2 Å². The van der Waals surface area contributed by atoms with Crippen molar-refractivity contribution in [2.24, 2.45) is 0 Å². The van der Waals surface area contributed by atoms with Crippen LogP contribution < -0.4 is 31.9 Å². The molecule has 0 aliphatic carbocycles. The van der Waals surface area contributed by atoms with Gasteiger partial charge in [-0.3, -0.25) is 30.3 Å². The molecule has 0 aromatic heterocycles. The third kappa shape index (κ3) is 15.8. The average molecular weight is 1190 g/mol. The molecule has 0 saturated heterocycles. The normalized spacial score (nSPS) is 11.0. The zero-order chi connectivity index (χ0) is 61.4. The number of anilines is 6. The standard InChI is InChI=1S/C63H54F3N9O6S3/c1-61(2,3)40-13-31-52(70-58(82)67-43-16-22-46(23-17-43)73(76)77)37(34-40)10-28-49-55(64)50(29-11-38-35-41(62(4,5)6)14-32-53(38)71-59(83)68-44-18-24-47(25-19-44)74(78)79)57(66)51(56(49)65)30-12-39-36-42(63(7,8)9)15-33-54(39)72-60(84)69-45-20-26-48(27-21-45)75(80)81/h13-27,31-36H,1-9H3,(H2,67,70,82)(H2,68,71,83)(H2,69,72,84). The molecule has 0 unspecified atom stereocenters. The molecule has 0 aliphatic heterocycles. The largest absolute Gasteiger partial charge is 0.332 e. The van der Waals surface area contributed by atoms with Crippen LogP contribution in [0.3, 0.4) is 0 Å². The van der Waals surface area contributed by atoms with Crippen LogP contribution >= 0.6 is 36.7 Å². The Morgan fingerprint density at radius 3 is 0.798 bits per heavy atom. The number of nitrogens with zero attached hydrogens (tertiary/aromatic N) is 3. The minimum absolute atomic E-state index is 0.0595. The lowest BCUT2D eigenvalue weighted by Gasteiger charge is -2.21. The average Bonchev–Trinajstić information content (AvgIpc) is 1.85. The predicted molar refractivity (Wildman–Crippen MR) is 339 cm³/mol. The van der Waals surface area contributed by atoms with Gasteiger partial charge in [-0.05, 0) is 142 Å². The van der Waals surface area contributed by atoms with Crippen molar-refractivity contribution in [3.05, 3.63) is 225 Å². The number of non-ortho nitro benzene ring substituents is 3. The first-order chi connectivity index (χ1) is 39.4. The number of hydrogen-bond donors (Lipinski definition) is 6. The Morgan fingerprint density at radius 2 is 0.595 bits per heavy atom. The number of nitro groups is 3. The summed E-state index contributed by atoms with van der Waals surface area (Å²) in [5.74, 6) is 12.3. The van der Waals surface area contributed by atoms with Crippen molar-refractivity contribution in [2.45, 2.75) is 78.6 Å². The molecule has 0 heterocycles. The van der Waals surface area contributed by atoms with Crippen molar-refractivity contribution in [3.63, 3.8) is 0 Å². The Balaban J connectivity index is 1.39. The molecule has 0 saturated carbocycles. The fourth-order valence-electron chi connectivity index (χ4n) is 7.91. The zero-order valence-corrected chi connectivity index (χ0v) is 49.2. The lowest BCUT2D eigenvalue weighted by molar-refractivity contribution is -0.385. The Morgan fingerprint density at radius 1 is 0.369 bits per heavy atom. The molecule has 0 aliphatic rings. The van der Waals surface area contributed by atoms with Crippen LogP contribution in [0, 0.1) is 83.3 Å². The van der Waals surface area contributed by atoms with E-state index >= 15 is 13.2 Å². The maximum Gasteiger partial charge on any atom is 0.269 e. The van der Waals surface area contributed by atoms with Gasteiger partial charge in [0, 0.05) is 70.2 Å². The summed E-state index contributed by atoms with van der Waals surface area (Å²) in [6, 6.07) is 32.4. The summed E-state index contributed by atoms with van der Waals surface area (Å²) in [5, 5.41) is 52.1. The van der Waals surface area contributed by atoms with E-state index in [0.717, 1.165) is 16.7 Å². The van der Waals surface area contributed by atoms with Gasteiger partial charge in [0.15, 0.2) is 32.8 Å². The highest BCUT2D eigenvalue weighted by Crippen LogP contribution is 2.32. The van der Waals surface area contributed by atoms with E-state index in [1.165, 1.54) is 72.8 Å². The van der Waals surface area contributed by atoms with Gasteiger partial charge in [0.2, 0.25) is 0 Å². The van der Waals surface area contributed by atoms with Crippen LogP contribution in [0.4, 0.5) is 64.4 Å². The summed E-state index contributed by atoms with van der Waals surface area (Å²) in [6.07, 6.45) is 0. The zero-order valence-electron chi connectivity index (χ0n) is 46.8. The predicted octanol–water partition coefficient (Wildman–Crippen LogP) is 15.3. The molecule has 7 aromatic carbocycles. The van der Waals surface area contributed by atoms with E-state index in [0.29, 0.717) is 34.1 Å². The van der Waals surface area contributed by atoms with Gasteiger partial charge in [-0.15, -0.1) is 0 Å². The first-order valence-corrected chi connectivity index (χ1v) is 26.8. The van der Waals surface area contributed by atoms with E-state index < -0.39 is 65.2 Å². The summed E-state index contributed by atoms with van der Waals surface area (Å²) >= 11 is 16.8. The van der Waals surface area contributed by atoms with Gasteiger partial charge in [0.25, 0.3) is 17.1 Å². The van der Waals surface area contributed by atoms with Crippen molar-refractivity contribution >= 4 is 103 Å². The topological polar surface area (TPSA) is 202 Å². The highest BCUT2D eigenvalue weighted by atomic mass is 32.1. The van der Waals surface area contributed by atoms with Crippen LogP contribution in [0.15, 0.2) is 127 Å². The molecule has 0 fully saturated rings. The number of benzene rings is 7. The van der Waals surface area contributed by atoms with Gasteiger partial charge in [-0.2, -0.15) is 0 Å². The molecule has 0 atom stereocenters. The summed E-state index contributed by atoms with van der Waals surface area (Å²) in [5.41, 5.74) is 1.03. The van der Waals surface area contributed by atoms with E-state index in [4.69, 9.17) is 36.7 Å². The maximum absolute atomic E-state index is 17.4. The summed E-state index contributed by atoms with van der Waals surface area (Å²) < 4.78 is 52.2. The van der Waals surface area contributed by atoms with Crippen LogP contribution in [0.5, 0.6) is 0 Å². The van der Waals surface area contributed by atoms with Crippen molar-refractivity contribution in [1.29, 1.82) is 0 Å². The molecule has 0 amide bonds. The fourth-order valence-corrected chi connectivity index (χ4v) is 8.59. The van der Waals surface area contributed by atoms with Crippen molar-refractivity contribution in [3.8, 4) is 35.5 Å². The monoisotopic (exact) mass is 1190 g/mol. The second kappa shape index (κ2) is 25.6. The molecule has 0 radical (unpaired) electrons. The second-order valence-corrected chi connectivity index (χ2v) is 23.2. The Labute approximate surface area is 499 Å². The molecule has 84 heavy (non-hydrogen) atoms. The highest BCUT2D eigenvalue weighted by Gasteiger charge is 2.25. The van der Waals surface area contributed by atoms with Gasteiger partial charge in [-0.1, -0.05) is 116 Å². The van der Waals surface area contributed by atoms with Gasteiger partial charge < -0.3 is 31.9 Å². The third-order valence-electron chi connectivity index (χ3n) is 12.7. The third-order valence-corrected chi connectivity index (χ3v) is 13.3. The van der Waals surface area contributed by atoms with Gasteiger partial charge in [0.05, 0.1) is 48.5 Å². The molecular weight excluding hydrogens is 1130 g/mol.